The predicted molar refractivity (Wildman–Crippen MR) is 65.8 cm³/mol. The van der Waals surface area contributed by atoms with Crippen LogP contribution in [0.25, 0.3) is 0 Å². The van der Waals surface area contributed by atoms with Gasteiger partial charge in [0.2, 0.25) is 0 Å². The van der Waals surface area contributed by atoms with Crippen LogP contribution in [0, 0.1) is 11.8 Å². The Morgan fingerprint density at radius 3 is 2.36 bits per heavy atom. The summed E-state index contributed by atoms with van der Waals surface area (Å²) < 4.78 is 0. The molecule has 0 nitrogen and oxygen atoms in total. The molecule has 1 aromatic carbocycles. The summed E-state index contributed by atoms with van der Waals surface area (Å²) in [4.78, 5) is 0. The van der Waals surface area contributed by atoms with Crippen LogP contribution in [-0.2, 0) is 0 Å². The minimum atomic E-state index is 0.597. The van der Waals surface area contributed by atoms with Gasteiger partial charge in [-0.15, -0.1) is 0 Å². The largest absolute Gasteiger partial charge is 0.0970 e. The van der Waals surface area contributed by atoms with Crippen molar-refractivity contribution in [3.05, 3.63) is 35.4 Å². The van der Waals surface area contributed by atoms with Crippen LogP contribution in [0.15, 0.2) is 24.3 Å². The molecule has 0 aliphatic carbocycles. The maximum absolute atomic E-state index is 3.35. The molecule has 0 radical (unpaired) electrons. The Bertz CT molecular complexity index is 324. The van der Waals surface area contributed by atoms with Crippen molar-refractivity contribution in [1.82, 2.24) is 0 Å². The van der Waals surface area contributed by atoms with E-state index in [1.807, 2.05) is 0 Å². The van der Waals surface area contributed by atoms with Crippen LogP contribution in [0.4, 0.5) is 0 Å². The third kappa shape index (κ3) is 3.55. The molecule has 74 valence electrons. The van der Waals surface area contributed by atoms with Crippen molar-refractivity contribution in [3.63, 3.8) is 0 Å². The first-order valence-electron chi connectivity index (χ1n) is 4.89. The summed E-state index contributed by atoms with van der Waals surface area (Å²) in [6, 6.07) is 8.50. The second-order valence-corrected chi connectivity index (χ2v) is 4.31. The first-order valence-corrected chi connectivity index (χ1v) is 6.01. The molecule has 0 saturated heterocycles. The van der Waals surface area contributed by atoms with Crippen LogP contribution < -0.4 is 0 Å². The molecule has 0 spiro atoms. The maximum atomic E-state index is 3.35. The predicted octanol–water partition coefficient (Wildman–Crippen LogP) is 3.95. The van der Waals surface area contributed by atoms with E-state index < -0.39 is 0 Å². The van der Waals surface area contributed by atoms with Gasteiger partial charge in [-0.2, -0.15) is 0 Å². The Balaban J connectivity index is 2.70. The fourth-order valence-corrected chi connectivity index (χ4v) is 1.36. The quantitative estimate of drug-likeness (QED) is 0.551. The van der Waals surface area contributed by atoms with Gasteiger partial charge in [-0.3, -0.25) is 0 Å². The normalized spacial score (nSPS) is 9.71. The van der Waals surface area contributed by atoms with E-state index in [2.05, 4.69) is 65.9 Å². The van der Waals surface area contributed by atoms with Crippen molar-refractivity contribution >= 4 is 15.9 Å². The van der Waals surface area contributed by atoms with E-state index in [1.165, 1.54) is 5.56 Å². The minimum absolute atomic E-state index is 0.597. The van der Waals surface area contributed by atoms with Crippen LogP contribution in [0.2, 0.25) is 0 Å². The van der Waals surface area contributed by atoms with Crippen LogP contribution >= 0.6 is 15.9 Å². The fourth-order valence-electron chi connectivity index (χ4n) is 1.16. The van der Waals surface area contributed by atoms with E-state index in [0.717, 1.165) is 17.3 Å². The second kappa shape index (κ2) is 5.88. The molecule has 0 N–H and O–H groups in total. The Kier molecular flexibility index (Phi) is 4.76. The minimum Gasteiger partial charge on any atom is -0.0970 e. The van der Waals surface area contributed by atoms with E-state index in [9.17, 15) is 0 Å². The van der Waals surface area contributed by atoms with E-state index in [-0.39, 0.29) is 0 Å². The number of alkyl halides is 1. The fraction of sp³-hybridized carbons (Fsp3) is 0.385. The molecular formula is C13H15Br. The number of hydrogen-bond acceptors (Lipinski definition) is 0. The molecule has 0 atom stereocenters. The topological polar surface area (TPSA) is 0 Å². The van der Waals surface area contributed by atoms with E-state index in [1.54, 1.807) is 0 Å². The maximum Gasteiger partial charge on any atom is 0.0245 e. The highest BCUT2D eigenvalue weighted by Crippen LogP contribution is 2.14. The summed E-state index contributed by atoms with van der Waals surface area (Å²) in [5.41, 5.74) is 2.48. The highest BCUT2D eigenvalue weighted by atomic mass is 79.9. The van der Waals surface area contributed by atoms with Gasteiger partial charge in [0.1, 0.15) is 0 Å². The van der Waals surface area contributed by atoms with E-state index in [4.69, 9.17) is 0 Å². The van der Waals surface area contributed by atoms with Crippen molar-refractivity contribution in [3.8, 4) is 11.8 Å². The zero-order chi connectivity index (χ0) is 10.4. The monoisotopic (exact) mass is 250 g/mol. The zero-order valence-corrected chi connectivity index (χ0v) is 10.3. The standard InChI is InChI=1S/C13H15Br/c1-11(2)13-8-6-12(7-9-13)5-3-4-10-14/h6-9,11H,4,10H2,1-2H3. The zero-order valence-electron chi connectivity index (χ0n) is 8.68. The highest BCUT2D eigenvalue weighted by Gasteiger charge is 1.96. The molecule has 14 heavy (non-hydrogen) atoms. The van der Waals surface area contributed by atoms with Gasteiger partial charge < -0.3 is 0 Å². The van der Waals surface area contributed by atoms with Gasteiger partial charge in [-0.25, -0.2) is 0 Å². The number of halogens is 1. The smallest absolute Gasteiger partial charge is 0.0245 e. The van der Waals surface area contributed by atoms with Crippen molar-refractivity contribution in [2.75, 3.05) is 5.33 Å². The van der Waals surface area contributed by atoms with Crippen molar-refractivity contribution in [1.29, 1.82) is 0 Å². The van der Waals surface area contributed by atoms with Crippen LogP contribution in [0.1, 0.15) is 37.3 Å². The Morgan fingerprint density at radius 1 is 1.21 bits per heavy atom. The van der Waals surface area contributed by atoms with Crippen LogP contribution in [0.3, 0.4) is 0 Å². The first-order chi connectivity index (χ1) is 6.74. The molecule has 0 bridgehead atoms. The SMILES string of the molecule is CC(C)c1ccc(C#CCCBr)cc1. The lowest BCUT2D eigenvalue weighted by Gasteiger charge is -2.03. The summed E-state index contributed by atoms with van der Waals surface area (Å²) in [5.74, 6) is 6.83. The molecule has 0 aromatic heterocycles. The third-order valence-electron chi connectivity index (χ3n) is 2.03. The van der Waals surface area contributed by atoms with E-state index in [0.29, 0.717) is 5.92 Å². The van der Waals surface area contributed by atoms with E-state index >= 15 is 0 Å². The molecule has 1 heteroatoms. The molecule has 0 saturated carbocycles. The summed E-state index contributed by atoms with van der Waals surface area (Å²) in [7, 11) is 0. The molecule has 1 rings (SSSR count). The van der Waals surface area contributed by atoms with Crippen molar-refractivity contribution < 1.29 is 0 Å². The Labute approximate surface area is 94.9 Å². The van der Waals surface area contributed by atoms with Crippen LogP contribution in [-0.4, -0.2) is 5.33 Å². The second-order valence-electron chi connectivity index (χ2n) is 3.52. The lowest BCUT2D eigenvalue weighted by molar-refractivity contribution is 0.866. The van der Waals surface area contributed by atoms with Gasteiger partial charge in [-0.05, 0) is 23.6 Å². The molecule has 0 amide bonds. The van der Waals surface area contributed by atoms with Gasteiger partial charge >= 0.3 is 0 Å². The van der Waals surface area contributed by atoms with Gasteiger partial charge in [0.05, 0.1) is 0 Å². The van der Waals surface area contributed by atoms with Gasteiger partial charge in [-0.1, -0.05) is 53.8 Å². The highest BCUT2D eigenvalue weighted by molar-refractivity contribution is 9.09. The van der Waals surface area contributed by atoms with Gasteiger partial charge in [0, 0.05) is 17.3 Å². The molecular weight excluding hydrogens is 236 g/mol. The van der Waals surface area contributed by atoms with Gasteiger partial charge in [0.15, 0.2) is 0 Å². The molecule has 0 heterocycles. The lowest BCUT2D eigenvalue weighted by Crippen LogP contribution is -1.86. The molecule has 1 aromatic rings. The molecule has 0 fully saturated rings. The summed E-state index contributed by atoms with van der Waals surface area (Å²) in [6.07, 6.45) is 0.909. The third-order valence-corrected chi connectivity index (χ3v) is 2.43. The molecule has 0 aliphatic rings. The van der Waals surface area contributed by atoms with Crippen molar-refractivity contribution in [2.45, 2.75) is 26.2 Å². The number of benzene rings is 1. The first kappa shape index (κ1) is 11.3. The Morgan fingerprint density at radius 2 is 1.86 bits per heavy atom. The summed E-state index contributed by atoms with van der Waals surface area (Å²) >= 11 is 3.35. The Hall–Kier alpha value is -0.740. The van der Waals surface area contributed by atoms with Gasteiger partial charge in [0.25, 0.3) is 0 Å². The average molecular weight is 251 g/mol. The lowest BCUT2D eigenvalue weighted by atomic mass is 10.0. The molecule has 0 aliphatic heterocycles. The van der Waals surface area contributed by atoms with Crippen molar-refractivity contribution in [2.24, 2.45) is 0 Å². The summed E-state index contributed by atoms with van der Waals surface area (Å²) in [6.45, 7) is 4.40. The molecule has 0 unspecified atom stereocenters. The number of hydrogen-bond donors (Lipinski definition) is 0. The van der Waals surface area contributed by atoms with Crippen LogP contribution in [0.5, 0.6) is 0 Å². The number of rotatable bonds is 2. The average Bonchev–Trinajstić information content (AvgIpc) is 2.19. The summed E-state index contributed by atoms with van der Waals surface area (Å²) in [5, 5.41) is 0.948.